The number of ketones is 1. The van der Waals surface area contributed by atoms with Crippen LogP contribution >= 0.6 is 0 Å². The van der Waals surface area contributed by atoms with Crippen molar-refractivity contribution in [2.75, 3.05) is 7.05 Å². The molecule has 70 valence electrons. The first-order chi connectivity index (χ1) is 5.56. The van der Waals surface area contributed by atoms with Gasteiger partial charge in [0, 0.05) is 31.4 Å². The predicted octanol–water partition coefficient (Wildman–Crippen LogP) is 1.02. The van der Waals surface area contributed by atoms with Crippen molar-refractivity contribution in [3.8, 4) is 0 Å². The Kier molecular flexibility index (Phi) is 5.17. The molecule has 0 aromatic rings. The van der Waals surface area contributed by atoms with E-state index >= 15 is 0 Å². The van der Waals surface area contributed by atoms with Crippen molar-refractivity contribution >= 4 is 5.78 Å². The molecule has 0 rings (SSSR count). The summed E-state index contributed by atoms with van der Waals surface area (Å²) in [7, 11) is 1.82. The number of hydrogen-bond acceptors (Lipinski definition) is 3. The van der Waals surface area contributed by atoms with Crippen molar-refractivity contribution in [3.05, 3.63) is 11.9 Å². The first kappa shape index (κ1) is 11.0. The predicted molar refractivity (Wildman–Crippen MR) is 50.7 cm³/mol. The summed E-state index contributed by atoms with van der Waals surface area (Å²) in [5.74, 6) is 0.168. The van der Waals surface area contributed by atoms with E-state index in [0.717, 1.165) is 5.70 Å². The van der Waals surface area contributed by atoms with E-state index < -0.39 is 0 Å². The van der Waals surface area contributed by atoms with E-state index in [4.69, 9.17) is 0 Å². The Hall–Kier alpha value is -0.990. The van der Waals surface area contributed by atoms with Crippen LogP contribution in [0.15, 0.2) is 11.9 Å². The van der Waals surface area contributed by atoms with Crippen LogP contribution in [0.2, 0.25) is 0 Å². The van der Waals surface area contributed by atoms with Gasteiger partial charge in [-0.2, -0.15) is 0 Å². The minimum Gasteiger partial charge on any atom is -0.390 e. The second kappa shape index (κ2) is 5.63. The highest BCUT2D eigenvalue weighted by atomic mass is 16.1. The van der Waals surface area contributed by atoms with Crippen molar-refractivity contribution in [1.82, 2.24) is 10.6 Å². The van der Waals surface area contributed by atoms with Crippen LogP contribution in [0.4, 0.5) is 0 Å². The minimum atomic E-state index is 0.168. The number of allylic oxidation sites excluding steroid dienone is 1. The molecular formula is C9H18N2O. The lowest BCUT2D eigenvalue weighted by molar-refractivity contribution is -0.116. The molecule has 0 saturated carbocycles. The highest BCUT2D eigenvalue weighted by Crippen LogP contribution is 1.95. The monoisotopic (exact) mass is 170 g/mol. The molecule has 0 heterocycles. The quantitative estimate of drug-likeness (QED) is 0.647. The van der Waals surface area contributed by atoms with Gasteiger partial charge in [0.2, 0.25) is 0 Å². The molecule has 0 bridgehead atoms. The fraction of sp³-hybridized carbons (Fsp3) is 0.667. The van der Waals surface area contributed by atoms with Gasteiger partial charge in [0.05, 0.1) is 0 Å². The number of carbonyl (C=O) groups excluding carboxylic acids is 1. The molecule has 0 amide bonds. The molecule has 0 unspecified atom stereocenters. The Morgan fingerprint density at radius 2 is 2.08 bits per heavy atom. The lowest BCUT2D eigenvalue weighted by atomic mass is 10.2. The molecule has 0 aliphatic heterocycles. The zero-order chi connectivity index (χ0) is 9.56. The van der Waals surface area contributed by atoms with Gasteiger partial charge < -0.3 is 10.6 Å². The first-order valence-electron chi connectivity index (χ1n) is 4.18. The first-order valence-corrected chi connectivity index (χ1v) is 4.18. The summed E-state index contributed by atoms with van der Waals surface area (Å²) in [6.07, 6.45) is 2.32. The lowest BCUT2D eigenvalue weighted by Gasteiger charge is -2.08. The second-order valence-corrected chi connectivity index (χ2v) is 3.12. The molecule has 0 aromatic carbocycles. The molecule has 0 aliphatic carbocycles. The third-order valence-electron chi connectivity index (χ3n) is 1.35. The van der Waals surface area contributed by atoms with E-state index in [-0.39, 0.29) is 5.78 Å². The van der Waals surface area contributed by atoms with Crippen LogP contribution in [0.5, 0.6) is 0 Å². The number of carbonyl (C=O) groups is 1. The maximum absolute atomic E-state index is 10.7. The molecule has 0 spiro atoms. The topological polar surface area (TPSA) is 41.1 Å². The van der Waals surface area contributed by atoms with Crippen molar-refractivity contribution in [3.63, 3.8) is 0 Å². The maximum atomic E-state index is 10.7. The van der Waals surface area contributed by atoms with Crippen LogP contribution < -0.4 is 10.6 Å². The second-order valence-electron chi connectivity index (χ2n) is 3.12. The Bertz CT molecular complexity index is 173. The molecule has 0 aliphatic rings. The van der Waals surface area contributed by atoms with Crippen LogP contribution in [0.25, 0.3) is 0 Å². The van der Waals surface area contributed by atoms with Crippen LogP contribution in [0, 0.1) is 0 Å². The van der Waals surface area contributed by atoms with E-state index in [2.05, 4.69) is 24.5 Å². The minimum absolute atomic E-state index is 0.168. The lowest BCUT2D eigenvalue weighted by Crippen LogP contribution is -2.20. The molecule has 3 nitrogen and oxygen atoms in total. The van der Waals surface area contributed by atoms with Gasteiger partial charge in [0.15, 0.2) is 0 Å². The third-order valence-corrected chi connectivity index (χ3v) is 1.35. The summed E-state index contributed by atoms with van der Waals surface area (Å²) in [6, 6.07) is 0.403. The number of Topliss-reactive ketones (excluding diaryl/α,β-unsaturated/α-hetero) is 1. The number of hydrogen-bond donors (Lipinski definition) is 2. The SMILES string of the molecule is CN/C(=C\NC(C)C)CC(C)=O. The fourth-order valence-corrected chi connectivity index (χ4v) is 0.747. The summed E-state index contributed by atoms with van der Waals surface area (Å²) in [5.41, 5.74) is 0.927. The van der Waals surface area contributed by atoms with E-state index in [1.165, 1.54) is 0 Å². The van der Waals surface area contributed by atoms with Gasteiger partial charge in [-0.25, -0.2) is 0 Å². The molecular weight excluding hydrogens is 152 g/mol. The molecule has 0 atom stereocenters. The van der Waals surface area contributed by atoms with Crippen LogP contribution in [0.3, 0.4) is 0 Å². The van der Waals surface area contributed by atoms with Crippen LogP contribution in [-0.4, -0.2) is 18.9 Å². The van der Waals surface area contributed by atoms with Gasteiger partial charge in [-0.15, -0.1) is 0 Å². The normalized spacial score (nSPS) is 11.6. The number of rotatable bonds is 5. The van der Waals surface area contributed by atoms with E-state index in [9.17, 15) is 4.79 Å². The Morgan fingerprint density at radius 1 is 1.50 bits per heavy atom. The molecule has 0 saturated heterocycles. The number of nitrogens with one attached hydrogen (secondary N) is 2. The molecule has 0 radical (unpaired) electrons. The van der Waals surface area contributed by atoms with Crippen molar-refractivity contribution in [2.45, 2.75) is 33.2 Å². The zero-order valence-corrected chi connectivity index (χ0v) is 8.27. The standard InChI is InChI=1S/C9H18N2O/c1-7(2)11-6-9(10-4)5-8(3)12/h6-7,10-11H,5H2,1-4H3/b9-6-. The average molecular weight is 170 g/mol. The van der Waals surface area contributed by atoms with Gasteiger partial charge >= 0.3 is 0 Å². The zero-order valence-electron chi connectivity index (χ0n) is 8.27. The summed E-state index contributed by atoms with van der Waals surface area (Å²) in [6.45, 7) is 5.69. The summed E-state index contributed by atoms with van der Waals surface area (Å²) in [4.78, 5) is 10.7. The Labute approximate surface area is 74.2 Å². The molecule has 2 N–H and O–H groups in total. The summed E-state index contributed by atoms with van der Waals surface area (Å²) >= 11 is 0. The molecule has 0 aromatic heterocycles. The van der Waals surface area contributed by atoms with Crippen LogP contribution in [-0.2, 0) is 4.79 Å². The summed E-state index contributed by atoms with van der Waals surface area (Å²) in [5, 5.41) is 6.09. The van der Waals surface area contributed by atoms with Gasteiger partial charge in [-0.05, 0) is 20.8 Å². The molecule has 12 heavy (non-hydrogen) atoms. The van der Waals surface area contributed by atoms with Crippen molar-refractivity contribution in [2.24, 2.45) is 0 Å². The van der Waals surface area contributed by atoms with Crippen molar-refractivity contribution < 1.29 is 4.79 Å². The van der Waals surface area contributed by atoms with Gasteiger partial charge in [-0.1, -0.05) is 0 Å². The third kappa shape index (κ3) is 5.77. The highest BCUT2D eigenvalue weighted by molar-refractivity contribution is 5.77. The summed E-state index contributed by atoms with van der Waals surface area (Å²) < 4.78 is 0. The fourth-order valence-electron chi connectivity index (χ4n) is 0.747. The Balaban J connectivity index is 3.95. The highest BCUT2D eigenvalue weighted by Gasteiger charge is 1.98. The molecule has 0 fully saturated rings. The van der Waals surface area contributed by atoms with E-state index in [0.29, 0.717) is 12.5 Å². The van der Waals surface area contributed by atoms with E-state index in [1.807, 2.05) is 13.2 Å². The molecule has 3 heteroatoms. The van der Waals surface area contributed by atoms with Gasteiger partial charge in [-0.3, -0.25) is 4.79 Å². The van der Waals surface area contributed by atoms with E-state index in [1.54, 1.807) is 6.92 Å². The van der Waals surface area contributed by atoms with Gasteiger partial charge in [0.25, 0.3) is 0 Å². The average Bonchev–Trinajstić information content (AvgIpc) is 1.97. The maximum Gasteiger partial charge on any atom is 0.135 e. The largest absolute Gasteiger partial charge is 0.390 e. The van der Waals surface area contributed by atoms with Crippen LogP contribution in [0.1, 0.15) is 27.2 Å². The smallest absolute Gasteiger partial charge is 0.135 e. The van der Waals surface area contributed by atoms with Crippen molar-refractivity contribution in [1.29, 1.82) is 0 Å². The van der Waals surface area contributed by atoms with Gasteiger partial charge in [0.1, 0.15) is 5.78 Å². The Morgan fingerprint density at radius 3 is 2.42 bits per heavy atom.